The number of ether oxygens (including phenoxy) is 1. The molecule has 1 aliphatic heterocycles. The third kappa shape index (κ3) is 2.50. The highest BCUT2D eigenvalue weighted by Crippen LogP contribution is 2.30. The van der Waals surface area contributed by atoms with E-state index in [-0.39, 0.29) is 6.54 Å². The Morgan fingerprint density at radius 3 is 3.00 bits per heavy atom. The average Bonchev–Trinajstić information content (AvgIpc) is 2.64. The van der Waals surface area contributed by atoms with Gasteiger partial charge in [0.25, 0.3) is 5.56 Å². The molecule has 9 nitrogen and oxygen atoms in total. The van der Waals surface area contributed by atoms with E-state index >= 15 is 0 Å². The van der Waals surface area contributed by atoms with Gasteiger partial charge in [-0.05, 0) is 5.53 Å². The van der Waals surface area contributed by atoms with Crippen molar-refractivity contribution < 1.29 is 14.2 Å². The van der Waals surface area contributed by atoms with Crippen LogP contribution in [0.5, 0.6) is 0 Å². The van der Waals surface area contributed by atoms with E-state index < -0.39 is 35.9 Å². The van der Waals surface area contributed by atoms with Crippen molar-refractivity contribution in [2.75, 3.05) is 6.54 Å². The maximum atomic E-state index is 13.9. The Bertz CT molecular complexity index is 622. The molecule has 1 aromatic heterocycles. The molecule has 0 aliphatic carbocycles. The molecule has 0 saturated carbocycles. The van der Waals surface area contributed by atoms with E-state index in [1.54, 1.807) is 0 Å². The molecule has 0 amide bonds. The molecule has 4 atom stereocenters. The minimum Gasteiger partial charge on any atom is -0.387 e. The van der Waals surface area contributed by atoms with Gasteiger partial charge in [0.2, 0.25) is 0 Å². The molecule has 10 heteroatoms. The van der Waals surface area contributed by atoms with Gasteiger partial charge in [-0.2, -0.15) is 0 Å². The molecule has 1 aromatic rings. The highest BCUT2D eigenvalue weighted by molar-refractivity contribution is 4.94. The number of aromatic nitrogens is 2. The van der Waals surface area contributed by atoms with Gasteiger partial charge in [-0.15, -0.1) is 0 Å². The number of nitrogens with one attached hydrogen (secondary N) is 1. The molecule has 2 heterocycles. The minimum absolute atomic E-state index is 0.257. The highest BCUT2D eigenvalue weighted by Gasteiger charge is 2.45. The lowest BCUT2D eigenvalue weighted by molar-refractivity contribution is -0.0224. The van der Waals surface area contributed by atoms with E-state index in [0.717, 1.165) is 16.8 Å². The van der Waals surface area contributed by atoms with Crippen molar-refractivity contribution in [1.29, 1.82) is 0 Å². The Labute approximate surface area is 104 Å². The van der Waals surface area contributed by atoms with Gasteiger partial charge in [0, 0.05) is 17.2 Å². The van der Waals surface area contributed by atoms with Crippen molar-refractivity contribution in [2.45, 2.75) is 24.6 Å². The zero-order valence-electron chi connectivity index (χ0n) is 9.51. The van der Waals surface area contributed by atoms with Gasteiger partial charge in [-0.1, -0.05) is 5.11 Å². The Morgan fingerprint density at radius 1 is 1.63 bits per heavy atom. The molecular formula is C9H10FN5O4. The predicted molar refractivity (Wildman–Crippen MR) is 60.1 cm³/mol. The largest absolute Gasteiger partial charge is 0.387 e. The number of rotatable bonds is 3. The van der Waals surface area contributed by atoms with Crippen LogP contribution in [0, 0.1) is 0 Å². The topological polar surface area (TPSA) is 133 Å². The fraction of sp³-hybridized carbons (Fsp3) is 0.556. The van der Waals surface area contributed by atoms with E-state index in [4.69, 9.17) is 10.3 Å². The normalized spacial score (nSPS) is 30.0. The van der Waals surface area contributed by atoms with Crippen LogP contribution < -0.4 is 11.2 Å². The number of aliphatic hydroxyl groups excluding tert-OH is 1. The van der Waals surface area contributed by atoms with Gasteiger partial charge in [-0.25, -0.2) is 9.18 Å². The fourth-order valence-corrected chi connectivity index (χ4v) is 1.82. The number of hydrogen-bond donors (Lipinski definition) is 2. The van der Waals surface area contributed by atoms with E-state index in [9.17, 15) is 19.1 Å². The molecule has 2 N–H and O–H groups in total. The molecule has 0 unspecified atom stereocenters. The van der Waals surface area contributed by atoms with E-state index in [0.29, 0.717) is 0 Å². The Balaban J connectivity index is 2.28. The quantitative estimate of drug-likeness (QED) is 0.433. The summed E-state index contributed by atoms with van der Waals surface area (Å²) in [5.74, 6) is 0. The van der Waals surface area contributed by atoms with Crippen LogP contribution in [0.2, 0.25) is 0 Å². The molecular weight excluding hydrogens is 261 g/mol. The Morgan fingerprint density at radius 2 is 2.37 bits per heavy atom. The van der Waals surface area contributed by atoms with Crippen molar-refractivity contribution in [3.05, 3.63) is 43.5 Å². The van der Waals surface area contributed by atoms with Crippen molar-refractivity contribution in [2.24, 2.45) is 5.11 Å². The van der Waals surface area contributed by atoms with Crippen LogP contribution >= 0.6 is 0 Å². The summed E-state index contributed by atoms with van der Waals surface area (Å²) in [7, 11) is 0. The minimum atomic E-state index is -1.87. The van der Waals surface area contributed by atoms with Gasteiger partial charge < -0.3 is 9.84 Å². The summed E-state index contributed by atoms with van der Waals surface area (Å²) in [6.45, 7) is -0.257. The van der Waals surface area contributed by atoms with Gasteiger partial charge >= 0.3 is 5.69 Å². The standard InChI is InChI=1S/C9H10FN5O4/c10-6-7(17)4(3-12-14-11)19-8(6)15-2-1-5(16)13-9(15)18/h1-2,4,6-8,17H,3H2,(H,13,16,18)/t4-,6-,7-,8-/m1/s1. The van der Waals surface area contributed by atoms with Gasteiger partial charge in [0.15, 0.2) is 12.4 Å². The van der Waals surface area contributed by atoms with Crippen molar-refractivity contribution in [3.63, 3.8) is 0 Å². The van der Waals surface area contributed by atoms with Crippen LogP contribution in [0.4, 0.5) is 4.39 Å². The van der Waals surface area contributed by atoms with Crippen molar-refractivity contribution in [3.8, 4) is 0 Å². The first-order chi connectivity index (χ1) is 9.04. The smallest absolute Gasteiger partial charge is 0.330 e. The zero-order valence-corrected chi connectivity index (χ0v) is 9.51. The second-order valence-corrected chi connectivity index (χ2v) is 3.93. The summed E-state index contributed by atoms with van der Waals surface area (Å²) >= 11 is 0. The Kier molecular flexibility index (Phi) is 3.65. The van der Waals surface area contributed by atoms with Crippen molar-refractivity contribution in [1.82, 2.24) is 9.55 Å². The van der Waals surface area contributed by atoms with Gasteiger partial charge in [-0.3, -0.25) is 14.3 Å². The van der Waals surface area contributed by atoms with Crippen LogP contribution in [0.1, 0.15) is 6.23 Å². The SMILES string of the molecule is [N-]=[N+]=NC[C@H]1O[C@@H](n2ccc(=O)[nH]c2=O)[C@H](F)[C@@H]1O. The van der Waals surface area contributed by atoms with Crippen LogP contribution in [-0.4, -0.2) is 39.6 Å². The lowest BCUT2D eigenvalue weighted by Crippen LogP contribution is -2.35. The highest BCUT2D eigenvalue weighted by atomic mass is 19.1. The monoisotopic (exact) mass is 271 g/mol. The molecule has 102 valence electrons. The molecule has 1 aliphatic rings. The molecule has 0 bridgehead atoms. The molecule has 1 fully saturated rings. The number of H-pyrrole nitrogens is 1. The molecule has 2 rings (SSSR count). The fourth-order valence-electron chi connectivity index (χ4n) is 1.82. The second-order valence-electron chi connectivity index (χ2n) is 3.93. The van der Waals surface area contributed by atoms with E-state index in [1.807, 2.05) is 4.98 Å². The lowest BCUT2D eigenvalue weighted by atomic mass is 10.1. The van der Waals surface area contributed by atoms with Crippen molar-refractivity contribution >= 4 is 0 Å². The summed E-state index contributed by atoms with van der Waals surface area (Å²) < 4.78 is 19.8. The van der Waals surface area contributed by atoms with Gasteiger partial charge in [0.1, 0.15) is 6.10 Å². The van der Waals surface area contributed by atoms with Gasteiger partial charge in [0.05, 0.1) is 12.6 Å². The van der Waals surface area contributed by atoms with Crippen LogP contribution in [0.25, 0.3) is 10.4 Å². The molecule has 19 heavy (non-hydrogen) atoms. The second kappa shape index (κ2) is 5.22. The first kappa shape index (κ1) is 13.3. The van der Waals surface area contributed by atoms with Crippen LogP contribution in [0.15, 0.2) is 27.0 Å². The summed E-state index contributed by atoms with van der Waals surface area (Å²) in [6, 6.07) is 1.03. The third-order valence-electron chi connectivity index (χ3n) is 2.74. The summed E-state index contributed by atoms with van der Waals surface area (Å²) in [5.41, 5.74) is 6.69. The summed E-state index contributed by atoms with van der Waals surface area (Å²) in [6.07, 6.45) is -4.74. The molecule has 1 saturated heterocycles. The third-order valence-corrected chi connectivity index (χ3v) is 2.74. The number of hydrogen-bond acceptors (Lipinski definition) is 5. The van der Waals surface area contributed by atoms with Crippen LogP contribution in [-0.2, 0) is 4.74 Å². The number of azide groups is 1. The maximum Gasteiger partial charge on any atom is 0.330 e. The number of aromatic amines is 1. The number of halogens is 1. The number of alkyl halides is 1. The van der Waals surface area contributed by atoms with E-state index in [2.05, 4.69) is 10.0 Å². The number of aliphatic hydroxyl groups is 1. The maximum absolute atomic E-state index is 13.9. The average molecular weight is 271 g/mol. The van der Waals surface area contributed by atoms with E-state index in [1.165, 1.54) is 0 Å². The zero-order chi connectivity index (χ0) is 14.0. The molecule has 0 radical (unpaired) electrons. The summed E-state index contributed by atoms with van der Waals surface area (Å²) in [5, 5.41) is 12.8. The molecule has 0 spiro atoms. The Hall–Kier alpha value is -2.16. The number of nitrogens with zero attached hydrogens (tertiary/aromatic N) is 4. The predicted octanol–water partition coefficient (Wildman–Crippen LogP) is -0.557. The summed E-state index contributed by atoms with van der Waals surface area (Å²) in [4.78, 5) is 26.8. The first-order valence-electron chi connectivity index (χ1n) is 5.34. The lowest BCUT2D eigenvalue weighted by Gasteiger charge is -2.15. The molecule has 0 aromatic carbocycles. The van der Waals surface area contributed by atoms with Crippen LogP contribution in [0.3, 0.4) is 0 Å². The first-order valence-corrected chi connectivity index (χ1v) is 5.34.